The van der Waals surface area contributed by atoms with Crippen LogP contribution in [0, 0.1) is 17.0 Å². The molecule has 1 N–H and O–H groups in total. The van der Waals surface area contributed by atoms with Crippen molar-refractivity contribution in [3.8, 4) is 5.75 Å². The van der Waals surface area contributed by atoms with Crippen LogP contribution in [0.3, 0.4) is 0 Å². The van der Waals surface area contributed by atoms with Crippen molar-refractivity contribution in [1.29, 1.82) is 0 Å². The van der Waals surface area contributed by atoms with Gasteiger partial charge in [-0.2, -0.15) is 4.31 Å². The molecule has 1 fully saturated rings. The standard InChI is InChI=1S/C20H23N3O6S/c1-14-6-7-15(12-19(14)30(27,28)22-10-4-3-5-11-22)21-20(24)17-13-16(23(25)26)8-9-18(17)29-2/h6-9,12-13H,3-5,10-11H2,1-2H3,(H,21,24). The summed E-state index contributed by atoms with van der Waals surface area (Å²) in [6, 6.07) is 8.33. The van der Waals surface area contributed by atoms with Crippen LogP contribution >= 0.6 is 0 Å². The lowest BCUT2D eigenvalue weighted by Crippen LogP contribution is -2.36. The summed E-state index contributed by atoms with van der Waals surface area (Å²) in [5.41, 5.74) is 0.576. The van der Waals surface area contributed by atoms with Crippen molar-refractivity contribution in [2.75, 3.05) is 25.5 Å². The molecule has 160 valence electrons. The molecule has 1 heterocycles. The molecule has 1 saturated heterocycles. The van der Waals surface area contributed by atoms with Gasteiger partial charge in [-0.05, 0) is 43.5 Å². The Bertz CT molecular complexity index is 1080. The summed E-state index contributed by atoms with van der Waals surface area (Å²) < 4.78 is 32.7. The van der Waals surface area contributed by atoms with E-state index in [0.29, 0.717) is 18.7 Å². The Kier molecular flexibility index (Phi) is 6.37. The summed E-state index contributed by atoms with van der Waals surface area (Å²) in [7, 11) is -2.32. The fraction of sp³-hybridized carbons (Fsp3) is 0.350. The zero-order valence-electron chi connectivity index (χ0n) is 16.8. The Hall–Kier alpha value is -2.98. The Labute approximate surface area is 174 Å². The van der Waals surface area contributed by atoms with Gasteiger partial charge in [0, 0.05) is 30.9 Å². The molecule has 10 heteroatoms. The number of sulfonamides is 1. The van der Waals surface area contributed by atoms with Crippen molar-refractivity contribution in [2.24, 2.45) is 0 Å². The maximum atomic E-state index is 13.1. The molecule has 0 aliphatic carbocycles. The number of carbonyl (C=O) groups is 1. The fourth-order valence-electron chi connectivity index (χ4n) is 3.39. The Morgan fingerprint density at radius 2 is 1.83 bits per heavy atom. The summed E-state index contributed by atoms with van der Waals surface area (Å²) in [6.07, 6.45) is 2.65. The summed E-state index contributed by atoms with van der Waals surface area (Å²) in [6.45, 7) is 2.65. The van der Waals surface area contributed by atoms with E-state index in [4.69, 9.17) is 4.74 Å². The molecule has 0 atom stereocenters. The number of amides is 1. The number of nitro benzene ring substituents is 1. The number of rotatable bonds is 6. The van der Waals surface area contributed by atoms with Gasteiger partial charge in [-0.1, -0.05) is 12.5 Å². The molecule has 0 spiro atoms. The van der Waals surface area contributed by atoms with Crippen LogP contribution in [0.1, 0.15) is 35.2 Å². The zero-order valence-corrected chi connectivity index (χ0v) is 17.6. The topological polar surface area (TPSA) is 119 Å². The first-order valence-electron chi connectivity index (χ1n) is 9.48. The Morgan fingerprint density at radius 3 is 2.47 bits per heavy atom. The van der Waals surface area contributed by atoms with Crippen molar-refractivity contribution in [3.63, 3.8) is 0 Å². The molecule has 9 nitrogen and oxygen atoms in total. The Balaban J connectivity index is 1.91. The highest BCUT2D eigenvalue weighted by molar-refractivity contribution is 7.89. The highest BCUT2D eigenvalue weighted by Gasteiger charge is 2.28. The monoisotopic (exact) mass is 433 g/mol. The molecule has 1 amide bonds. The lowest BCUT2D eigenvalue weighted by atomic mass is 10.1. The lowest BCUT2D eigenvalue weighted by molar-refractivity contribution is -0.384. The van der Waals surface area contributed by atoms with Crippen LogP contribution < -0.4 is 10.1 Å². The number of hydrogen-bond acceptors (Lipinski definition) is 6. The summed E-state index contributed by atoms with van der Waals surface area (Å²) in [5.74, 6) is -0.466. The smallest absolute Gasteiger partial charge is 0.270 e. The average Bonchev–Trinajstić information content (AvgIpc) is 2.75. The molecule has 0 aromatic heterocycles. The molecule has 1 aliphatic heterocycles. The summed E-state index contributed by atoms with van der Waals surface area (Å²) >= 11 is 0. The van der Waals surface area contributed by atoms with E-state index >= 15 is 0 Å². The number of nitrogens with zero attached hydrogens (tertiary/aromatic N) is 2. The van der Waals surface area contributed by atoms with Crippen molar-refractivity contribution in [2.45, 2.75) is 31.1 Å². The number of nitrogens with one attached hydrogen (secondary N) is 1. The van der Waals surface area contributed by atoms with Gasteiger partial charge < -0.3 is 10.1 Å². The van der Waals surface area contributed by atoms with E-state index < -0.39 is 20.9 Å². The van der Waals surface area contributed by atoms with Gasteiger partial charge in [-0.3, -0.25) is 14.9 Å². The molecule has 30 heavy (non-hydrogen) atoms. The SMILES string of the molecule is COc1ccc([N+](=O)[O-])cc1C(=O)Nc1ccc(C)c(S(=O)(=O)N2CCCCC2)c1. The highest BCUT2D eigenvalue weighted by atomic mass is 32.2. The van der Waals surface area contributed by atoms with Gasteiger partial charge in [-0.15, -0.1) is 0 Å². The summed E-state index contributed by atoms with van der Waals surface area (Å²) in [5, 5.41) is 13.7. The largest absolute Gasteiger partial charge is 0.496 e. The predicted molar refractivity (Wildman–Crippen MR) is 111 cm³/mol. The summed E-state index contributed by atoms with van der Waals surface area (Å²) in [4.78, 5) is 23.3. The molecule has 0 saturated carbocycles. The van der Waals surface area contributed by atoms with Gasteiger partial charge >= 0.3 is 0 Å². The van der Waals surface area contributed by atoms with Crippen LogP contribution in [0.25, 0.3) is 0 Å². The minimum absolute atomic E-state index is 0.0206. The number of aryl methyl sites for hydroxylation is 1. The normalized spacial score (nSPS) is 14.9. The van der Waals surface area contributed by atoms with Crippen LogP contribution in [0.2, 0.25) is 0 Å². The average molecular weight is 433 g/mol. The minimum Gasteiger partial charge on any atom is -0.496 e. The first-order chi connectivity index (χ1) is 14.2. The second kappa shape index (κ2) is 8.80. The van der Waals surface area contributed by atoms with E-state index in [1.54, 1.807) is 19.1 Å². The van der Waals surface area contributed by atoms with Crippen LogP contribution in [0.4, 0.5) is 11.4 Å². The molecule has 1 aliphatic rings. The van der Waals surface area contributed by atoms with Crippen LogP contribution in [0.15, 0.2) is 41.3 Å². The highest BCUT2D eigenvalue weighted by Crippen LogP contribution is 2.28. The molecular weight excluding hydrogens is 410 g/mol. The van der Waals surface area contributed by atoms with E-state index in [9.17, 15) is 23.3 Å². The number of methoxy groups -OCH3 is 1. The van der Waals surface area contributed by atoms with Gasteiger partial charge in [-0.25, -0.2) is 8.42 Å². The van der Waals surface area contributed by atoms with Crippen molar-refractivity contribution in [3.05, 3.63) is 57.6 Å². The molecule has 0 radical (unpaired) electrons. The lowest BCUT2D eigenvalue weighted by Gasteiger charge is -2.26. The van der Waals surface area contributed by atoms with Gasteiger partial charge in [0.15, 0.2) is 0 Å². The van der Waals surface area contributed by atoms with E-state index in [1.807, 2.05) is 0 Å². The number of non-ortho nitro benzene ring substituents is 1. The van der Waals surface area contributed by atoms with Crippen molar-refractivity contribution in [1.82, 2.24) is 4.31 Å². The van der Waals surface area contributed by atoms with Gasteiger partial charge in [0.2, 0.25) is 10.0 Å². The number of hydrogen-bond donors (Lipinski definition) is 1. The number of piperidine rings is 1. The van der Waals surface area contributed by atoms with E-state index in [-0.39, 0.29) is 27.6 Å². The third-order valence-electron chi connectivity index (χ3n) is 5.02. The second-order valence-electron chi connectivity index (χ2n) is 7.04. The number of ether oxygens (including phenoxy) is 1. The predicted octanol–water partition coefficient (Wildman–Crippen LogP) is 3.34. The van der Waals surface area contributed by atoms with E-state index in [2.05, 4.69) is 5.32 Å². The number of anilines is 1. The van der Waals surface area contributed by atoms with Crippen LogP contribution in [-0.2, 0) is 10.0 Å². The second-order valence-corrected chi connectivity index (χ2v) is 8.95. The molecule has 2 aromatic carbocycles. The van der Waals surface area contributed by atoms with Gasteiger partial charge in [0.05, 0.1) is 22.5 Å². The molecule has 0 unspecified atom stereocenters. The van der Waals surface area contributed by atoms with Crippen LogP contribution in [0.5, 0.6) is 5.75 Å². The van der Waals surface area contributed by atoms with Crippen molar-refractivity contribution < 1.29 is 22.9 Å². The quantitative estimate of drug-likeness (QED) is 0.551. The maximum absolute atomic E-state index is 13.1. The number of nitro groups is 1. The van der Waals surface area contributed by atoms with E-state index in [1.165, 1.54) is 29.6 Å². The Morgan fingerprint density at radius 1 is 1.13 bits per heavy atom. The zero-order chi connectivity index (χ0) is 21.9. The number of benzene rings is 2. The molecule has 2 aromatic rings. The van der Waals surface area contributed by atoms with Crippen LogP contribution in [-0.4, -0.2) is 43.8 Å². The van der Waals surface area contributed by atoms with E-state index in [0.717, 1.165) is 25.3 Å². The third-order valence-corrected chi connectivity index (χ3v) is 7.06. The fourth-order valence-corrected chi connectivity index (χ4v) is 5.15. The minimum atomic E-state index is -3.68. The first-order valence-corrected chi connectivity index (χ1v) is 10.9. The molecule has 0 bridgehead atoms. The van der Waals surface area contributed by atoms with Gasteiger partial charge in [0.1, 0.15) is 5.75 Å². The van der Waals surface area contributed by atoms with Crippen molar-refractivity contribution >= 4 is 27.3 Å². The maximum Gasteiger partial charge on any atom is 0.270 e. The first kappa shape index (κ1) is 21.7. The molecule has 3 rings (SSSR count). The van der Waals surface area contributed by atoms with Gasteiger partial charge in [0.25, 0.3) is 11.6 Å². The third kappa shape index (κ3) is 4.44. The molecular formula is C20H23N3O6S. The number of carbonyl (C=O) groups excluding carboxylic acids is 1.